The van der Waals surface area contributed by atoms with Gasteiger partial charge in [0.05, 0.1) is 0 Å². The molecule has 0 aliphatic carbocycles. The molecule has 0 aliphatic rings. The minimum absolute atomic E-state index is 0.100. The Morgan fingerprint density at radius 3 is 1.96 bits per heavy atom. The molecule has 2 unspecified atom stereocenters. The Labute approximate surface area is 138 Å². The summed E-state index contributed by atoms with van der Waals surface area (Å²) >= 11 is 0. The molecule has 1 aromatic rings. The standard InChI is InChI=1S/C16H19NO7/c1-9-4-6-12(7-5-9)8-17-15(20)13(23-10(2)18)14(16(21)22)24-11(3)19/h4-7,13-14H,8H2,1-3H3,(H,17,20)(H,21,22). The van der Waals surface area contributed by atoms with Gasteiger partial charge in [0.1, 0.15) is 0 Å². The van der Waals surface area contributed by atoms with Crippen molar-refractivity contribution in [2.24, 2.45) is 0 Å². The summed E-state index contributed by atoms with van der Waals surface area (Å²) in [6.07, 6.45) is -3.71. The van der Waals surface area contributed by atoms with Crippen LogP contribution in [0.5, 0.6) is 0 Å². The average molecular weight is 337 g/mol. The van der Waals surface area contributed by atoms with Crippen LogP contribution in [0.25, 0.3) is 0 Å². The van der Waals surface area contributed by atoms with Crippen molar-refractivity contribution in [3.63, 3.8) is 0 Å². The Morgan fingerprint density at radius 2 is 1.50 bits per heavy atom. The maximum absolute atomic E-state index is 12.2. The largest absolute Gasteiger partial charge is 0.478 e. The Morgan fingerprint density at radius 1 is 1.00 bits per heavy atom. The topological polar surface area (TPSA) is 119 Å². The van der Waals surface area contributed by atoms with Gasteiger partial charge in [0.15, 0.2) is 0 Å². The molecule has 0 saturated heterocycles. The fourth-order valence-corrected chi connectivity index (χ4v) is 1.85. The maximum Gasteiger partial charge on any atom is 0.349 e. The number of nitrogens with one attached hydrogen (secondary N) is 1. The summed E-state index contributed by atoms with van der Waals surface area (Å²) in [6.45, 7) is 4.02. The number of carboxylic acid groups (broad SMARTS) is 1. The summed E-state index contributed by atoms with van der Waals surface area (Å²) in [6, 6.07) is 7.28. The summed E-state index contributed by atoms with van der Waals surface area (Å²) < 4.78 is 9.32. The van der Waals surface area contributed by atoms with E-state index in [4.69, 9.17) is 9.84 Å². The molecule has 24 heavy (non-hydrogen) atoms. The summed E-state index contributed by atoms with van der Waals surface area (Å²) in [5.74, 6) is -4.25. The molecule has 8 nitrogen and oxygen atoms in total. The molecule has 0 radical (unpaired) electrons. The molecule has 130 valence electrons. The van der Waals surface area contributed by atoms with E-state index in [1.54, 1.807) is 12.1 Å². The molecule has 0 aliphatic heterocycles. The zero-order valence-electron chi connectivity index (χ0n) is 13.6. The van der Waals surface area contributed by atoms with Crippen LogP contribution in [0.3, 0.4) is 0 Å². The first-order chi connectivity index (χ1) is 11.2. The fraction of sp³-hybridized carbons (Fsp3) is 0.375. The first-order valence-electron chi connectivity index (χ1n) is 7.11. The Bertz CT molecular complexity index is 624. The van der Waals surface area contributed by atoms with Gasteiger partial charge in [0.25, 0.3) is 5.91 Å². The van der Waals surface area contributed by atoms with Gasteiger partial charge in [-0.15, -0.1) is 0 Å². The number of hydrogen-bond donors (Lipinski definition) is 2. The first kappa shape index (κ1) is 19.1. The number of carbonyl (C=O) groups is 4. The second-order valence-corrected chi connectivity index (χ2v) is 5.10. The third-order valence-electron chi connectivity index (χ3n) is 2.95. The van der Waals surface area contributed by atoms with Gasteiger partial charge in [-0.1, -0.05) is 29.8 Å². The van der Waals surface area contributed by atoms with Crippen molar-refractivity contribution < 1.29 is 33.8 Å². The van der Waals surface area contributed by atoms with E-state index < -0.39 is 36.0 Å². The van der Waals surface area contributed by atoms with E-state index in [1.165, 1.54) is 0 Å². The molecule has 8 heteroatoms. The minimum atomic E-state index is -1.93. The average Bonchev–Trinajstić information content (AvgIpc) is 2.49. The van der Waals surface area contributed by atoms with Crippen LogP contribution in [0.1, 0.15) is 25.0 Å². The van der Waals surface area contributed by atoms with Gasteiger partial charge in [-0.25, -0.2) is 4.79 Å². The maximum atomic E-state index is 12.2. The zero-order valence-corrected chi connectivity index (χ0v) is 13.6. The monoisotopic (exact) mass is 337 g/mol. The van der Waals surface area contributed by atoms with Crippen LogP contribution in [0.4, 0.5) is 0 Å². The molecule has 2 atom stereocenters. The highest BCUT2D eigenvalue weighted by molar-refractivity contribution is 5.90. The molecule has 0 saturated carbocycles. The summed E-state index contributed by atoms with van der Waals surface area (Å²) in [4.78, 5) is 45.6. The van der Waals surface area contributed by atoms with Crippen LogP contribution in [0.15, 0.2) is 24.3 Å². The predicted octanol–water partition coefficient (Wildman–Crippen LogP) is 0.559. The van der Waals surface area contributed by atoms with E-state index in [0.29, 0.717) is 0 Å². The van der Waals surface area contributed by atoms with Crippen molar-refractivity contribution in [2.45, 2.75) is 39.5 Å². The van der Waals surface area contributed by atoms with Gasteiger partial charge < -0.3 is 19.9 Å². The zero-order chi connectivity index (χ0) is 18.3. The second-order valence-electron chi connectivity index (χ2n) is 5.10. The van der Waals surface area contributed by atoms with Gasteiger partial charge in [-0.05, 0) is 12.5 Å². The van der Waals surface area contributed by atoms with E-state index in [1.807, 2.05) is 19.1 Å². The summed E-state index contributed by atoms with van der Waals surface area (Å²) in [5.41, 5.74) is 1.82. The predicted molar refractivity (Wildman–Crippen MR) is 81.8 cm³/mol. The number of esters is 2. The van der Waals surface area contributed by atoms with Crippen LogP contribution in [-0.2, 0) is 35.2 Å². The van der Waals surface area contributed by atoms with E-state index in [0.717, 1.165) is 25.0 Å². The van der Waals surface area contributed by atoms with Gasteiger partial charge in [0.2, 0.25) is 12.2 Å². The number of carboxylic acids is 1. The molecule has 0 bridgehead atoms. The Kier molecular flexibility index (Phi) is 6.91. The molecule has 2 N–H and O–H groups in total. The van der Waals surface area contributed by atoms with Gasteiger partial charge in [-0.3, -0.25) is 14.4 Å². The van der Waals surface area contributed by atoms with Gasteiger partial charge in [-0.2, -0.15) is 0 Å². The van der Waals surface area contributed by atoms with Crippen molar-refractivity contribution in [3.05, 3.63) is 35.4 Å². The lowest BCUT2D eigenvalue weighted by Crippen LogP contribution is -2.49. The first-order valence-corrected chi connectivity index (χ1v) is 7.11. The number of ether oxygens (including phenoxy) is 2. The van der Waals surface area contributed by atoms with Crippen molar-refractivity contribution in [1.29, 1.82) is 0 Å². The molecule has 0 fully saturated rings. The molecule has 1 amide bonds. The van der Waals surface area contributed by atoms with Crippen LogP contribution in [0, 0.1) is 6.92 Å². The van der Waals surface area contributed by atoms with E-state index >= 15 is 0 Å². The van der Waals surface area contributed by atoms with Crippen LogP contribution in [0.2, 0.25) is 0 Å². The smallest absolute Gasteiger partial charge is 0.349 e. The SMILES string of the molecule is CC(=O)OC(C(=O)O)C(OC(C)=O)C(=O)NCc1ccc(C)cc1. The van der Waals surface area contributed by atoms with Crippen LogP contribution < -0.4 is 5.32 Å². The number of rotatable bonds is 7. The number of aryl methyl sites for hydroxylation is 1. The lowest BCUT2D eigenvalue weighted by molar-refractivity contribution is -0.180. The third-order valence-corrected chi connectivity index (χ3v) is 2.95. The molecule has 1 rings (SSSR count). The summed E-state index contributed by atoms with van der Waals surface area (Å²) in [7, 11) is 0. The molecule has 1 aromatic carbocycles. The van der Waals surface area contributed by atoms with Crippen molar-refractivity contribution in [3.8, 4) is 0 Å². The van der Waals surface area contributed by atoms with E-state index in [9.17, 15) is 19.2 Å². The number of carbonyl (C=O) groups excluding carboxylic acids is 3. The third kappa shape index (κ3) is 6.07. The van der Waals surface area contributed by atoms with E-state index in [2.05, 4.69) is 10.1 Å². The van der Waals surface area contributed by atoms with Crippen molar-refractivity contribution in [2.75, 3.05) is 0 Å². The number of amides is 1. The molecular formula is C16H19NO7. The quantitative estimate of drug-likeness (QED) is 0.698. The van der Waals surface area contributed by atoms with Crippen molar-refractivity contribution >= 4 is 23.8 Å². The van der Waals surface area contributed by atoms with E-state index in [-0.39, 0.29) is 6.54 Å². The lowest BCUT2D eigenvalue weighted by Gasteiger charge is -2.22. The molecule has 0 aromatic heterocycles. The highest BCUT2D eigenvalue weighted by Crippen LogP contribution is 2.09. The lowest BCUT2D eigenvalue weighted by atomic mass is 10.1. The second kappa shape index (κ2) is 8.66. The highest BCUT2D eigenvalue weighted by atomic mass is 16.6. The summed E-state index contributed by atoms with van der Waals surface area (Å²) in [5, 5.41) is 11.6. The van der Waals surface area contributed by atoms with Crippen molar-refractivity contribution in [1.82, 2.24) is 5.32 Å². The molecule has 0 spiro atoms. The van der Waals surface area contributed by atoms with Crippen LogP contribution in [-0.4, -0.2) is 41.1 Å². The van der Waals surface area contributed by atoms with Crippen LogP contribution >= 0.6 is 0 Å². The Balaban J connectivity index is 2.86. The number of hydrogen-bond acceptors (Lipinski definition) is 6. The molecule has 0 heterocycles. The highest BCUT2D eigenvalue weighted by Gasteiger charge is 2.39. The minimum Gasteiger partial charge on any atom is -0.478 e. The number of aliphatic carboxylic acids is 1. The van der Waals surface area contributed by atoms with Gasteiger partial charge in [0, 0.05) is 20.4 Å². The number of benzene rings is 1. The molecular weight excluding hydrogens is 318 g/mol. The fourth-order valence-electron chi connectivity index (χ4n) is 1.85. The van der Waals surface area contributed by atoms with Gasteiger partial charge >= 0.3 is 17.9 Å². The Hall–Kier alpha value is -2.90. The normalized spacial score (nSPS) is 12.6.